The molecule has 1 N–H and O–H groups in total. The molecule has 1 heteroatoms. The molecule has 0 aromatic rings. The molecule has 0 bridgehead atoms. The van der Waals surface area contributed by atoms with E-state index in [1.165, 1.54) is 11.1 Å². The highest BCUT2D eigenvalue weighted by Crippen LogP contribution is 2.07. The van der Waals surface area contributed by atoms with E-state index in [9.17, 15) is 0 Å². The molecule has 1 nitrogen and oxygen atoms in total. The van der Waals surface area contributed by atoms with Gasteiger partial charge < -0.3 is 5.41 Å². The first-order valence-corrected chi connectivity index (χ1v) is 6.16. The van der Waals surface area contributed by atoms with Crippen LogP contribution in [0.2, 0.25) is 0 Å². The van der Waals surface area contributed by atoms with Crippen LogP contribution in [0.5, 0.6) is 0 Å². The second kappa shape index (κ2) is 9.18. The second-order valence-corrected chi connectivity index (χ2v) is 4.39. The van der Waals surface area contributed by atoms with Gasteiger partial charge in [0.05, 0.1) is 0 Å². The maximum atomic E-state index is 7.30. The van der Waals surface area contributed by atoms with Crippen LogP contribution in [0, 0.1) is 5.41 Å². The average molecular weight is 219 g/mol. The lowest BCUT2D eigenvalue weighted by Gasteiger charge is -1.96. The first kappa shape index (κ1) is 14.9. The molecule has 0 saturated heterocycles. The molecule has 0 aromatic heterocycles. The van der Waals surface area contributed by atoms with Gasteiger partial charge in [0, 0.05) is 5.71 Å². The number of allylic oxidation sites excluding steroid dienone is 3. The monoisotopic (exact) mass is 219 g/mol. The highest BCUT2D eigenvalue weighted by atomic mass is 14.4. The molecule has 16 heavy (non-hydrogen) atoms. The lowest BCUT2D eigenvalue weighted by atomic mass is 10.1. The van der Waals surface area contributed by atoms with Crippen molar-refractivity contribution in [3.05, 3.63) is 29.0 Å². The zero-order chi connectivity index (χ0) is 12.4. The second-order valence-electron chi connectivity index (χ2n) is 4.39. The van der Waals surface area contributed by atoms with Gasteiger partial charge in [-0.2, -0.15) is 0 Å². The summed E-state index contributed by atoms with van der Waals surface area (Å²) in [6, 6.07) is 0. The minimum absolute atomic E-state index is 0.747. The van der Waals surface area contributed by atoms with Gasteiger partial charge in [0.15, 0.2) is 0 Å². The van der Waals surface area contributed by atoms with E-state index in [4.69, 9.17) is 5.41 Å². The van der Waals surface area contributed by atoms with Gasteiger partial charge in [-0.3, -0.25) is 0 Å². The Hall–Kier alpha value is -1.07. The van der Waals surface area contributed by atoms with Crippen LogP contribution in [0.4, 0.5) is 0 Å². The van der Waals surface area contributed by atoms with Gasteiger partial charge in [0.25, 0.3) is 0 Å². The Morgan fingerprint density at radius 2 is 1.81 bits per heavy atom. The molecule has 0 aliphatic carbocycles. The normalized spacial score (nSPS) is 10.9. The smallest absolute Gasteiger partial charge is 0.00615 e. The zero-order valence-electron chi connectivity index (χ0n) is 11.2. The van der Waals surface area contributed by atoms with Gasteiger partial charge in [-0.25, -0.2) is 0 Å². The number of hydrogen-bond acceptors (Lipinski definition) is 1. The summed E-state index contributed by atoms with van der Waals surface area (Å²) in [7, 11) is 0. The number of rotatable bonds is 7. The van der Waals surface area contributed by atoms with Crippen molar-refractivity contribution >= 4 is 5.71 Å². The third-order valence-corrected chi connectivity index (χ3v) is 2.58. The van der Waals surface area contributed by atoms with Crippen molar-refractivity contribution in [3.8, 4) is 0 Å². The summed E-state index contributed by atoms with van der Waals surface area (Å²) in [5.74, 6) is 0. The summed E-state index contributed by atoms with van der Waals surface area (Å²) in [5.41, 5.74) is 6.82. The SMILES string of the molecule is CCC(C)=CCCC(C)=C=CCCC(C)=N. The molecule has 0 aliphatic heterocycles. The fourth-order valence-corrected chi connectivity index (χ4v) is 1.29. The molecule has 0 rings (SSSR count). The fraction of sp³-hybridized carbons (Fsp3) is 0.600. The van der Waals surface area contributed by atoms with Crippen LogP contribution in [0.3, 0.4) is 0 Å². The summed E-state index contributed by atoms with van der Waals surface area (Å²) in [6.07, 6.45) is 9.53. The van der Waals surface area contributed by atoms with Crippen LogP contribution < -0.4 is 0 Å². The Morgan fingerprint density at radius 1 is 1.12 bits per heavy atom. The minimum Gasteiger partial charge on any atom is -0.310 e. The van der Waals surface area contributed by atoms with E-state index in [0.717, 1.165) is 37.8 Å². The molecule has 0 radical (unpaired) electrons. The zero-order valence-corrected chi connectivity index (χ0v) is 11.2. The summed E-state index contributed by atoms with van der Waals surface area (Å²) in [5, 5.41) is 7.30. The van der Waals surface area contributed by atoms with Crippen molar-refractivity contribution in [2.45, 2.75) is 59.8 Å². The van der Waals surface area contributed by atoms with Crippen molar-refractivity contribution in [2.75, 3.05) is 0 Å². The molecule has 0 atom stereocenters. The summed E-state index contributed by atoms with van der Waals surface area (Å²) < 4.78 is 0. The predicted molar refractivity (Wildman–Crippen MR) is 73.2 cm³/mol. The maximum Gasteiger partial charge on any atom is 0.00615 e. The van der Waals surface area contributed by atoms with E-state index in [-0.39, 0.29) is 0 Å². The fourth-order valence-electron chi connectivity index (χ4n) is 1.29. The molecular formula is C15H25N. The quantitative estimate of drug-likeness (QED) is 0.352. The first-order chi connectivity index (χ1) is 7.56. The average Bonchev–Trinajstić information content (AvgIpc) is 2.24. The van der Waals surface area contributed by atoms with Crippen molar-refractivity contribution in [1.82, 2.24) is 0 Å². The largest absolute Gasteiger partial charge is 0.310 e. The van der Waals surface area contributed by atoms with Gasteiger partial charge in [-0.05, 0) is 64.5 Å². The van der Waals surface area contributed by atoms with Gasteiger partial charge in [-0.1, -0.05) is 18.6 Å². The highest BCUT2D eigenvalue weighted by molar-refractivity contribution is 5.78. The molecule has 0 aromatic carbocycles. The van der Waals surface area contributed by atoms with E-state index < -0.39 is 0 Å². The van der Waals surface area contributed by atoms with E-state index in [0.29, 0.717) is 0 Å². The van der Waals surface area contributed by atoms with Crippen molar-refractivity contribution in [1.29, 1.82) is 5.41 Å². The molecule has 90 valence electrons. The third-order valence-electron chi connectivity index (χ3n) is 2.58. The van der Waals surface area contributed by atoms with E-state index in [2.05, 4.69) is 38.7 Å². The van der Waals surface area contributed by atoms with E-state index >= 15 is 0 Å². The Labute approximate surface area is 100 Å². The van der Waals surface area contributed by atoms with Crippen molar-refractivity contribution in [3.63, 3.8) is 0 Å². The van der Waals surface area contributed by atoms with Crippen LogP contribution in [0.25, 0.3) is 0 Å². The Kier molecular flexibility index (Phi) is 8.56. The van der Waals surface area contributed by atoms with Gasteiger partial charge >= 0.3 is 0 Å². The summed E-state index contributed by atoms with van der Waals surface area (Å²) in [6.45, 7) is 8.35. The standard InChI is InChI=1S/C15H25N/c1-5-13(2)10-8-11-14(3)9-6-7-12-15(4)16/h6,10,16H,5,7-8,11-12H2,1-4H3. The number of nitrogens with one attached hydrogen (secondary N) is 1. The molecule has 0 spiro atoms. The van der Waals surface area contributed by atoms with E-state index in [1.807, 2.05) is 6.92 Å². The Balaban J connectivity index is 3.91. The lowest BCUT2D eigenvalue weighted by molar-refractivity contribution is 0.951. The minimum atomic E-state index is 0.747. The number of hydrogen-bond donors (Lipinski definition) is 1. The molecular weight excluding hydrogens is 194 g/mol. The maximum absolute atomic E-state index is 7.30. The highest BCUT2D eigenvalue weighted by Gasteiger charge is 1.88. The topological polar surface area (TPSA) is 23.9 Å². The van der Waals surface area contributed by atoms with Crippen molar-refractivity contribution in [2.24, 2.45) is 0 Å². The van der Waals surface area contributed by atoms with Crippen LogP contribution in [0.15, 0.2) is 29.0 Å². The van der Waals surface area contributed by atoms with Gasteiger partial charge in [0.1, 0.15) is 0 Å². The first-order valence-electron chi connectivity index (χ1n) is 6.16. The van der Waals surface area contributed by atoms with Crippen LogP contribution in [-0.4, -0.2) is 5.71 Å². The Morgan fingerprint density at radius 3 is 2.38 bits per heavy atom. The van der Waals surface area contributed by atoms with Crippen LogP contribution >= 0.6 is 0 Å². The molecule has 0 saturated carbocycles. The van der Waals surface area contributed by atoms with E-state index in [1.54, 1.807) is 0 Å². The predicted octanol–water partition coefficient (Wildman–Crippen LogP) is 5.04. The van der Waals surface area contributed by atoms with Gasteiger partial charge in [-0.15, -0.1) is 5.73 Å². The van der Waals surface area contributed by atoms with Gasteiger partial charge in [0.2, 0.25) is 0 Å². The molecule has 0 fully saturated rings. The molecule has 0 amide bonds. The summed E-state index contributed by atoms with van der Waals surface area (Å²) in [4.78, 5) is 0. The summed E-state index contributed by atoms with van der Waals surface area (Å²) >= 11 is 0. The molecule has 0 unspecified atom stereocenters. The molecule has 0 aliphatic rings. The molecule has 0 heterocycles. The lowest BCUT2D eigenvalue weighted by Crippen LogP contribution is -1.84. The van der Waals surface area contributed by atoms with Crippen LogP contribution in [0.1, 0.15) is 59.8 Å². The van der Waals surface area contributed by atoms with Crippen LogP contribution in [-0.2, 0) is 0 Å². The third kappa shape index (κ3) is 9.48. The van der Waals surface area contributed by atoms with Crippen molar-refractivity contribution < 1.29 is 0 Å². The Bertz CT molecular complexity index is 301.